The average Bonchev–Trinajstić information content (AvgIpc) is 2.82. The fourth-order valence-electron chi connectivity index (χ4n) is 2.20. The van der Waals surface area contributed by atoms with Crippen LogP contribution in [0, 0.1) is 0 Å². The Kier molecular flexibility index (Phi) is 3.68. The van der Waals surface area contributed by atoms with E-state index in [1.807, 2.05) is 24.3 Å². The monoisotopic (exact) mass is 304 g/mol. The molecule has 3 rings (SSSR count). The molecule has 102 valence electrons. The normalized spacial score (nSPS) is 11.3. The lowest BCUT2D eigenvalue weighted by Gasteiger charge is -2.00. The van der Waals surface area contributed by atoms with Crippen molar-refractivity contribution in [3.05, 3.63) is 41.0 Å². The molecule has 0 aliphatic rings. The van der Waals surface area contributed by atoms with Gasteiger partial charge in [-0.25, -0.2) is 4.98 Å². The lowest BCUT2D eigenvalue weighted by atomic mass is 10.1. The van der Waals surface area contributed by atoms with E-state index in [0.29, 0.717) is 10.8 Å². The number of fused-ring (bicyclic) bond motifs is 3. The van der Waals surface area contributed by atoms with Gasteiger partial charge in [-0.05, 0) is 30.0 Å². The van der Waals surface area contributed by atoms with E-state index >= 15 is 0 Å². The van der Waals surface area contributed by atoms with Gasteiger partial charge in [0.25, 0.3) is 0 Å². The van der Waals surface area contributed by atoms with Gasteiger partial charge in [0.15, 0.2) is 5.78 Å². The molecule has 1 N–H and O–H groups in total. The number of benzene rings is 1. The molecule has 3 aromatic rings. The second kappa shape index (κ2) is 5.46. The number of aromatic amines is 1. The number of nitrogens with one attached hydrogen (secondary N) is 1. The molecule has 0 bridgehead atoms. The molecule has 20 heavy (non-hydrogen) atoms. The van der Waals surface area contributed by atoms with Crippen LogP contribution in [0.15, 0.2) is 30.5 Å². The molecule has 0 amide bonds. The molecule has 0 atom stereocenters. The Morgan fingerprint density at radius 1 is 1.35 bits per heavy atom. The summed E-state index contributed by atoms with van der Waals surface area (Å²) in [5, 5.41) is 2.53. The van der Waals surface area contributed by atoms with Crippen molar-refractivity contribution in [1.82, 2.24) is 9.97 Å². The molecule has 0 radical (unpaired) electrons. The number of ketones is 1. The van der Waals surface area contributed by atoms with Crippen molar-refractivity contribution >= 4 is 51.1 Å². The maximum absolute atomic E-state index is 12.1. The van der Waals surface area contributed by atoms with Crippen LogP contribution in [0.5, 0.6) is 0 Å². The van der Waals surface area contributed by atoms with Crippen molar-refractivity contribution in [2.75, 3.05) is 11.5 Å². The van der Waals surface area contributed by atoms with Crippen LogP contribution in [0.1, 0.15) is 17.3 Å². The highest BCUT2D eigenvalue weighted by atomic mass is 35.5. The van der Waals surface area contributed by atoms with E-state index in [2.05, 4.69) is 16.9 Å². The maximum atomic E-state index is 12.1. The number of hydrogen-bond acceptors (Lipinski definition) is 3. The number of aromatic nitrogens is 2. The van der Waals surface area contributed by atoms with Crippen LogP contribution in [0.3, 0.4) is 0 Å². The molecule has 0 aliphatic heterocycles. The van der Waals surface area contributed by atoms with E-state index in [4.69, 9.17) is 11.6 Å². The molecular weight excluding hydrogens is 292 g/mol. The van der Waals surface area contributed by atoms with Gasteiger partial charge < -0.3 is 4.98 Å². The fraction of sp³-hybridized carbons (Fsp3) is 0.200. The molecule has 0 saturated heterocycles. The molecule has 0 fully saturated rings. The zero-order valence-corrected chi connectivity index (χ0v) is 12.5. The summed E-state index contributed by atoms with van der Waals surface area (Å²) < 4.78 is 0. The number of carbonyl (C=O) groups is 1. The Balaban J connectivity index is 2.11. The summed E-state index contributed by atoms with van der Waals surface area (Å²) in [5.41, 5.74) is 2.49. The lowest BCUT2D eigenvalue weighted by Crippen LogP contribution is -2.02. The third-order valence-corrected chi connectivity index (χ3v) is 4.26. The van der Waals surface area contributed by atoms with Crippen molar-refractivity contribution in [1.29, 1.82) is 0 Å². The van der Waals surface area contributed by atoms with Crippen molar-refractivity contribution in [3.8, 4) is 0 Å². The topological polar surface area (TPSA) is 45.8 Å². The second-order valence-corrected chi connectivity index (χ2v) is 6.21. The van der Waals surface area contributed by atoms with Crippen molar-refractivity contribution in [2.24, 2.45) is 0 Å². The summed E-state index contributed by atoms with van der Waals surface area (Å²) in [5.74, 6) is 1.62. The predicted octanol–water partition coefficient (Wildman–Crippen LogP) is 4.31. The summed E-state index contributed by atoms with van der Waals surface area (Å²) in [6.45, 7) is 2.05. The van der Waals surface area contributed by atoms with Crippen molar-refractivity contribution in [3.63, 3.8) is 0 Å². The molecule has 0 saturated carbocycles. The Hall–Kier alpha value is -1.52. The average molecular weight is 305 g/mol. The molecule has 2 heterocycles. The molecule has 2 aromatic heterocycles. The number of thioether (sulfide) groups is 1. The number of nitrogens with zero attached hydrogens (tertiary/aromatic N) is 1. The van der Waals surface area contributed by atoms with Gasteiger partial charge in [0.2, 0.25) is 0 Å². The van der Waals surface area contributed by atoms with Crippen LogP contribution >= 0.6 is 23.4 Å². The minimum atomic E-state index is 0.156. The summed E-state index contributed by atoms with van der Waals surface area (Å²) >= 11 is 7.63. The minimum Gasteiger partial charge on any atom is -0.339 e. The predicted molar refractivity (Wildman–Crippen MR) is 85.9 cm³/mol. The zero-order chi connectivity index (χ0) is 14.1. The number of H-pyrrole nitrogens is 1. The Bertz CT molecular complexity index is 797. The molecular formula is C15H13ClN2OS. The Morgan fingerprint density at radius 2 is 2.20 bits per heavy atom. The molecule has 0 spiro atoms. The molecule has 0 unspecified atom stereocenters. The number of carbonyl (C=O) groups excluding carboxylic acids is 1. The number of hydrogen-bond donors (Lipinski definition) is 1. The second-order valence-electron chi connectivity index (χ2n) is 4.50. The quantitative estimate of drug-likeness (QED) is 0.731. The van der Waals surface area contributed by atoms with E-state index in [-0.39, 0.29) is 5.78 Å². The summed E-state index contributed by atoms with van der Waals surface area (Å²) in [4.78, 5) is 19.6. The van der Waals surface area contributed by atoms with Crippen LogP contribution in [0.25, 0.3) is 21.9 Å². The maximum Gasteiger partial charge on any atom is 0.172 e. The highest BCUT2D eigenvalue weighted by Gasteiger charge is 2.10. The van der Waals surface area contributed by atoms with Crippen LogP contribution in [-0.4, -0.2) is 27.3 Å². The third kappa shape index (κ3) is 2.41. The van der Waals surface area contributed by atoms with Gasteiger partial charge >= 0.3 is 0 Å². The van der Waals surface area contributed by atoms with E-state index in [0.717, 1.165) is 33.3 Å². The summed E-state index contributed by atoms with van der Waals surface area (Å²) in [6, 6.07) is 7.58. The number of rotatable bonds is 4. The van der Waals surface area contributed by atoms with Crippen molar-refractivity contribution in [2.45, 2.75) is 6.92 Å². The smallest absolute Gasteiger partial charge is 0.172 e. The van der Waals surface area contributed by atoms with Gasteiger partial charge in [-0.2, -0.15) is 11.8 Å². The number of halogens is 1. The first-order valence-electron chi connectivity index (χ1n) is 6.37. The van der Waals surface area contributed by atoms with Gasteiger partial charge in [0.1, 0.15) is 5.65 Å². The first kappa shape index (κ1) is 13.5. The fourth-order valence-corrected chi connectivity index (χ4v) is 2.91. The van der Waals surface area contributed by atoms with E-state index in [1.54, 1.807) is 18.0 Å². The summed E-state index contributed by atoms with van der Waals surface area (Å²) in [7, 11) is 0. The van der Waals surface area contributed by atoms with Gasteiger partial charge in [0.05, 0.1) is 10.8 Å². The Morgan fingerprint density at radius 3 is 3.00 bits per heavy atom. The first-order chi connectivity index (χ1) is 9.69. The largest absolute Gasteiger partial charge is 0.339 e. The lowest BCUT2D eigenvalue weighted by molar-refractivity contribution is 0.102. The van der Waals surface area contributed by atoms with Crippen molar-refractivity contribution < 1.29 is 4.79 Å². The van der Waals surface area contributed by atoms with Gasteiger partial charge in [-0.3, -0.25) is 4.79 Å². The van der Waals surface area contributed by atoms with Crippen LogP contribution < -0.4 is 0 Å². The van der Waals surface area contributed by atoms with E-state index < -0.39 is 0 Å². The Labute approximate surface area is 125 Å². The standard InChI is InChI=1S/C15H13ClN2OS/c1-2-20-8-14(19)9-3-4-13-11(5-9)12-6-10(16)7-17-15(12)18-13/h3-7H,2,8H2,1H3,(H,17,18). The van der Waals surface area contributed by atoms with Crippen LogP contribution in [0.2, 0.25) is 5.02 Å². The third-order valence-electron chi connectivity index (χ3n) is 3.18. The number of Topliss-reactive ketones (excluding diaryl/α,β-unsaturated/α-hetero) is 1. The SMILES string of the molecule is CCSCC(=O)c1ccc2[nH]c3ncc(Cl)cc3c2c1. The van der Waals surface area contributed by atoms with Gasteiger partial charge in [-0.1, -0.05) is 18.5 Å². The van der Waals surface area contributed by atoms with Gasteiger partial charge in [0, 0.05) is 28.0 Å². The molecule has 1 aromatic carbocycles. The van der Waals surface area contributed by atoms with Crippen LogP contribution in [-0.2, 0) is 0 Å². The van der Waals surface area contributed by atoms with E-state index in [1.165, 1.54) is 0 Å². The highest BCUT2D eigenvalue weighted by Crippen LogP contribution is 2.27. The van der Waals surface area contributed by atoms with Crippen LogP contribution in [0.4, 0.5) is 0 Å². The molecule has 3 nitrogen and oxygen atoms in total. The molecule has 5 heteroatoms. The highest BCUT2D eigenvalue weighted by molar-refractivity contribution is 7.99. The van der Waals surface area contributed by atoms with E-state index in [9.17, 15) is 4.79 Å². The molecule has 0 aliphatic carbocycles. The van der Waals surface area contributed by atoms with Gasteiger partial charge in [-0.15, -0.1) is 0 Å². The summed E-state index contributed by atoms with van der Waals surface area (Å²) in [6.07, 6.45) is 1.61. The number of pyridine rings is 1. The minimum absolute atomic E-state index is 0.156. The first-order valence-corrected chi connectivity index (χ1v) is 7.90. The zero-order valence-electron chi connectivity index (χ0n) is 10.9.